The predicted molar refractivity (Wildman–Crippen MR) is 61.8 cm³/mol. The number of anilines is 1. The molecule has 1 rings (SSSR count). The minimum absolute atomic E-state index is 0.0269. The molecular formula is C11H14FN3O2. The molecule has 4 N–H and O–H groups in total. The topological polar surface area (TPSA) is 84.2 Å². The molecule has 0 aliphatic carbocycles. The van der Waals surface area contributed by atoms with Crippen molar-refractivity contribution in [1.29, 1.82) is 0 Å². The molecule has 0 aromatic heterocycles. The molecule has 5 nitrogen and oxygen atoms in total. The van der Waals surface area contributed by atoms with Crippen molar-refractivity contribution in [1.82, 2.24) is 10.6 Å². The highest BCUT2D eigenvalue weighted by Crippen LogP contribution is 2.11. The summed E-state index contributed by atoms with van der Waals surface area (Å²) in [7, 11) is 1.47. The van der Waals surface area contributed by atoms with Crippen LogP contribution in [0.5, 0.6) is 0 Å². The molecule has 1 atom stereocenters. The molecule has 0 spiro atoms. The fourth-order valence-corrected chi connectivity index (χ4v) is 1.23. The molecule has 0 saturated carbocycles. The number of amides is 2. The number of rotatable bonds is 3. The van der Waals surface area contributed by atoms with E-state index < -0.39 is 17.8 Å². The Morgan fingerprint density at radius 2 is 2.06 bits per heavy atom. The van der Waals surface area contributed by atoms with E-state index in [1.54, 1.807) is 0 Å². The maximum atomic E-state index is 13.1. The normalized spacial score (nSPS) is 11.7. The highest BCUT2D eigenvalue weighted by molar-refractivity contribution is 5.97. The van der Waals surface area contributed by atoms with Gasteiger partial charge in [-0.1, -0.05) is 0 Å². The van der Waals surface area contributed by atoms with Crippen LogP contribution in [0.4, 0.5) is 10.1 Å². The van der Waals surface area contributed by atoms with Crippen molar-refractivity contribution in [2.75, 3.05) is 12.8 Å². The molecule has 1 unspecified atom stereocenters. The van der Waals surface area contributed by atoms with Gasteiger partial charge in [-0.15, -0.1) is 0 Å². The maximum Gasteiger partial charge on any atom is 0.252 e. The van der Waals surface area contributed by atoms with Crippen LogP contribution in [0.1, 0.15) is 17.3 Å². The van der Waals surface area contributed by atoms with E-state index in [4.69, 9.17) is 5.73 Å². The molecular weight excluding hydrogens is 225 g/mol. The van der Waals surface area contributed by atoms with Crippen LogP contribution >= 0.6 is 0 Å². The number of benzene rings is 1. The maximum absolute atomic E-state index is 13.1. The van der Waals surface area contributed by atoms with Crippen molar-refractivity contribution in [2.24, 2.45) is 0 Å². The molecule has 1 aromatic rings. The van der Waals surface area contributed by atoms with Gasteiger partial charge in [0, 0.05) is 12.6 Å². The first-order chi connectivity index (χ1) is 7.95. The molecule has 1 aromatic carbocycles. The van der Waals surface area contributed by atoms with E-state index in [9.17, 15) is 14.0 Å². The first-order valence-electron chi connectivity index (χ1n) is 5.03. The van der Waals surface area contributed by atoms with Gasteiger partial charge in [-0.05, 0) is 25.1 Å². The zero-order chi connectivity index (χ0) is 13.0. The summed E-state index contributed by atoms with van der Waals surface area (Å²) in [6.45, 7) is 1.53. The molecule has 0 bridgehead atoms. The Hall–Kier alpha value is -2.11. The quantitative estimate of drug-likeness (QED) is 0.662. The molecule has 0 heterocycles. The number of carbonyl (C=O) groups is 2. The molecule has 0 aliphatic heterocycles. The molecule has 17 heavy (non-hydrogen) atoms. The van der Waals surface area contributed by atoms with Gasteiger partial charge in [-0.3, -0.25) is 9.59 Å². The van der Waals surface area contributed by atoms with Gasteiger partial charge >= 0.3 is 0 Å². The monoisotopic (exact) mass is 239 g/mol. The van der Waals surface area contributed by atoms with Crippen LogP contribution in [0.25, 0.3) is 0 Å². The van der Waals surface area contributed by atoms with E-state index in [0.717, 1.165) is 6.07 Å². The van der Waals surface area contributed by atoms with E-state index in [2.05, 4.69) is 10.6 Å². The zero-order valence-corrected chi connectivity index (χ0v) is 9.58. The predicted octanol–water partition coefficient (Wildman–Crippen LogP) is 0.272. The second-order valence-electron chi connectivity index (χ2n) is 3.55. The molecule has 0 radical (unpaired) electrons. The average Bonchev–Trinajstić information content (AvgIpc) is 2.31. The molecule has 0 saturated heterocycles. The first-order valence-corrected chi connectivity index (χ1v) is 5.03. The third-order valence-corrected chi connectivity index (χ3v) is 2.25. The van der Waals surface area contributed by atoms with Crippen LogP contribution < -0.4 is 16.4 Å². The van der Waals surface area contributed by atoms with Crippen LogP contribution in [-0.4, -0.2) is 24.9 Å². The summed E-state index contributed by atoms with van der Waals surface area (Å²) in [6, 6.07) is 3.04. The summed E-state index contributed by atoms with van der Waals surface area (Å²) in [5, 5.41) is 4.83. The standard InChI is InChI=1S/C11H14FN3O2/c1-6(10(16)14-2)15-11(17)7-3-4-9(13)8(12)5-7/h3-6H,13H2,1-2H3,(H,14,16)(H,15,17). The second kappa shape index (κ2) is 5.29. The van der Waals surface area contributed by atoms with Gasteiger partial charge < -0.3 is 16.4 Å². The number of nitrogen functional groups attached to an aromatic ring is 1. The van der Waals surface area contributed by atoms with E-state index in [0.29, 0.717) is 0 Å². The van der Waals surface area contributed by atoms with Crippen molar-refractivity contribution < 1.29 is 14.0 Å². The minimum atomic E-state index is -0.687. The molecule has 92 valence electrons. The number of likely N-dealkylation sites (N-methyl/N-ethyl adjacent to an activating group) is 1. The lowest BCUT2D eigenvalue weighted by molar-refractivity contribution is -0.122. The van der Waals surface area contributed by atoms with Crippen LogP contribution in [0.2, 0.25) is 0 Å². The highest BCUT2D eigenvalue weighted by Gasteiger charge is 2.15. The van der Waals surface area contributed by atoms with E-state index in [-0.39, 0.29) is 17.2 Å². The van der Waals surface area contributed by atoms with Gasteiger partial charge in [-0.2, -0.15) is 0 Å². The van der Waals surface area contributed by atoms with Gasteiger partial charge in [0.2, 0.25) is 5.91 Å². The van der Waals surface area contributed by atoms with Gasteiger partial charge in [-0.25, -0.2) is 4.39 Å². The van der Waals surface area contributed by atoms with Gasteiger partial charge in [0.1, 0.15) is 11.9 Å². The van der Waals surface area contributed by atoms with Crippen molar-refractivity contribution in [3.8, 4) is 0 Å². The third-order valence-electron chi connectivity index (χ3n) is 2.25. The number of nitrogens with one attached hydrogen (secondary N) is 2. The van der Waals surface area contributed by atoms with Crippen molar-refractivity contribution in [2.45, 2.75) is 13.0 Å². The lowest BCUT2D eigenvalue weighted by atomic mass is 10.1. The number of hydrogen-bond donors (Lipinski definition) is 3. The molecule has 0 fully saturated rings. The SMILES string of the molecule is CNC(=O)C(C)NC(=O)c1ccc(N)c(F)c1. The minimum Gasteiger partial charge on any atom is -0.396 e. The smallest absolute Gasteiger partial charge is 0.252 e. The Morgan fingerprint density at radius 3 is 2.59 bits per heavy atom. The van der Waals surface area contributed by atoms with Crippen LogP contribution in [0.15, 0.2) is 18.2 Å². The van der Waals surface area contributed by atoms with Crippen LogP contribution in [0.3, 0.4) is 0 Å². The summed E-state index contributed by atoms with van der Waals surface area (Å²) < 4.78 is 13.1. The van der Waals surface area contributed by atoms with E-state index in [1.807, 2.05) is 0 Å². The number of hydrogen-bond acceptors (Lipinski definition) is 3. The number of nitrogens with two attached hydrogens (primary N) is 1. The highest BCUT2D eigenvalue weighted by atomic mass is 19.1. The van der Waals surface area contributed by atoms with E-state index >= 15 is 0 Å². The summed E-state index contributed by atoms with van der Waals surface area (Å²) in [4.78, 5) is 22.8. The summed E-state index contributed by atoms with van der Waals surface area (Å²) >= 11 is 0. The second-order valence-corrected chi connectivity index (χ2v) is 3.55. The Kier molecular flexibility index (Phi) is 4.03. The summed E-state index contributed by atoms with van der Waals surface area (Å²) in [5.74, 6) is -1.51. The Bertz CT molecular complexity index is 448. The fourth-order valence-electron chi connectivity index (χ4n) is 1.23. The summed E-state index contributed by atoms with van der Waals surface area (Å²) in [6.07, 6.45) is 0. The molecule has 6 heteroatoms. The fraction of sp³-hybridized carbons (Fsp3) is 0.273. The number of carbonyl (C=O) groups excluding carboxylic acids is 2. The Balaban J connectivity index is 2.76. The third kappa shape index (κ3) is 3.17. The van der Waals surface area contributed by atoms with Crippen LogP contribution in [-0.2, 0) is 4.79 Å². The van der Waals surface area contributed by atoms with Crippen molar-refractivity contribution in [3.63, 3.8) is 0 Å². The largest absolute Gasteiger partial charge is 0.396 e. The molecule has 0 aliphatic rings. The van der Waals surface area contributed by atoms with Gasteiger partial charge in [0.05, 0.1) is 5.69 Å². The van der Waals surface area contributed by atoms with Gasteiger partial charge in [0.15, 0.2) is 0 Å². The molecule has 2 amide bonds. The number of halogens is 1. The summed E-state index contributed by atoms with van der Waals surface area (Å²) in [5.41, 5.74) is 5.38. The average molecular weight is 239 g/mol. The lowest BCUT2D eigenvalue weighted by Crippen LogP contribution is -2.43. The zero-order valence-electron chi connectivity index (χ0n) is 9.58. The lowest BCUT2D eigenvalue weighted by Gasteiger charge is -2.12. The van der Waals surface area contributed by atoms with Crippen LogP contribution in [0, 0.1) is 5.82 Å². The van der Waals surface area contributed by atoms with Crippen molar-refractivity contribution in [3.05, 3.63) is 29.6 Å². The van der Waals surface area contributed by atoms with Crippen molar-refractivity contribution >= 4 is 17.5 Å². The Morgan fingerprint density at radius 1 is 1.41 bits per heavy atom. The van der Waals surface area contributed by atoms with Gasteiger partial charge in [0.25, 0.3) is 5.91 Å². The first kappa shape index (κ1) is 13.0. The van der Waals surface area contributed by atoms with E-state index in [1.165, 1.54) is 26.1 Å². The Labute approximate surface area is 98.2 Å².